The number of hydrogen-bond acceptors (Lipinski definition) is 4. The molecule has 0 bridgehead atoms. The molecule has 0 radical (unpaired) electrons. The predicted molar refractivity (Wildman–Crippen MR) is 77.3 cm³/mol. The van der Waals surface area contributed by atoms with Crippen LogP contribution < -0.4 is 5.32 Å². The van der Waals surface area contributed by atoms with Crippen LogP contribution in [0.4, 0.5) is 0 Å². The minimum Gasteiger partial charge on any atom is -0.378 e. The molecule has 2 heterocycles. The van der Waals surface area contributed by atoms with Gasteiger partial charge >= 0.3 is 0 Å². The molecule has 2 rings (SSSR count). The fraction of sp³-hybridized carbons (Fsp3) is 1.00. The topological polar surface area (TPSA) is 30.5 Å². The molecule has 3 unspecified atom stereocenters. The molecule has 3 nitrogen and oxygen atoms in total. The maximum Gasteiger partial charge on any atom is 0.0939 e. The van der Waals surface area contributed by atoms with Crippen molar-refractivity contribution >= 4 is 11.8 Å². The molecular weight excluding hydrogens is 246 g/mol. The average Bonchev–Trinajstić information content (AvgIpc) is 2.82. The molecule has 4 heteroatoms. The molecule has 1 N–H and O–H groups in total. The van der Waals surface area contributed by atoms with Gasteiger partial charge in [0.05, 0.1) is 12.2 Å². The van der Waals surface area contributed by atoms with Crippen molar-refractivity contribution in [1.82, 2.24) is 5.32 Å². The lowest BCUT2D eigenvalue weighted by Crippen LogP contribution is -2.47. The summed E-state index contributed by atoms with van der Waals surface area (Å²) < 4.78 is 11.6. The Morgan fingerprint density at radius 3 is 3.00 bits per heavy atom. The Balaban J connectivity index is 1.91. The first-order chi connectivity index (χ1) is 8.79. The largest absolute Gasteiger partial charge is 0.378 e. The summed E-state index contributed by atoms with van der Waals surface area (Å²) >= 11 is 1.95. The van der Waals surface area contributed by atoms with Crippen LogP contribution >= 0.6 is 11.8 Å². The van der Waals surface area contributed by atoms with Crippen molar-refractivity contribution < 1.29 is 9.47 Å². The fourth-order valence-corrected chi connectivity index (χ4v) is 3.77. The van der Waals surface area contributed by atoms with E-state index in [9.17, 15) is 0 Å². The second-order valence-corrected chi connectivity index (χ2v) is 6.52. The van der Waals surface area contributed by atoms with Crippen molar-refractivity contribution in [2.24, 2.45) is 5.92 Å². The van der Waals surface area contributed by atoms with Gasteiger partial charge in [0.2, 0.25) is 0 Å². The van der Waals surface area contributed by atoms with Crippen LogP contribution in [0.3, 0.4) is 0 Å². The molecule has 0 aliphatic carbocycles. The van der Waals surface area contributed by atoms with Gasteiger partial charge in [-0.3, -0.25) is 0 Å². The zero-order valence-electron chi connectivity index (χ0n) is 11.7. The van der Waals surface area contributed by atoms with Gasteiger partial charge in [-0.2, -0.15) is 11.8 Å². The third-order valence-electron chi connectivity index (χ3n) is 4.27. The molecule has 0 aromatic carbocycles. The highest BCUT2D eigenvalue weighted by Crippen LogP contribution is 2.37. The fourth-order valence-electron chi connectivity index (χ4n) is 3.28. The number of rotatable bonds is 6. The maximum atomic E-state index is 6.03. The Hall–Kier alpha value is 0.230. The molecule has 2 saturated heterocycles. The molecule has 2 aliphatic rings. The van der Waals surface area contributed by atoms with Crippen LogP contribution in [0.5, 0.6) is 0 Å². The highest BCUT2D eigenvalue weighted by molar-refractivity contribution is 7.98. The zero-order valence-corrected chi connectivity index (χ0v) is 12.6. The van der Waals surface area contributed by atoms with E-state index in [1.807, 2.05) is 11.8 Å². The van der Waals surface area contributed by atoms with Crippen LogP contribution in [0.25, 0.3) is 0 Å². The minimum absolute atomic E-state index is 0.0515. The quantitative estimate of drug-likeness (QED) is 0.804. The van der Waals surface area contributed by atoms with E-state index < -0.39 is 0 Å². The Morgan fingerprint density at radius 2 is 2.33 bits per heavy atom. The van der Waals surface area contributed by atoms with Gasteiger partial charge < -0.3 is 14.8 Å². The van der Waals surface area contributed by atoms with E-state index >= 15 is 0 Å². The number of ether oxygens (including phenoxy) is 2. The van der Waals surface area contributed by atoms with E-state index in [0.717, 1.165) is 38.7 Å². The highest BCUT2D eigenvalue weighted by atomic mass is 32.2. The molecule has 106 valence electrons. The molecule has 3 atom stereocenters. The smallest absolute Gasteiger partial charge is 0.0939 e. The number of hydrogen-bond donors (Lipinski definition) is 1. The molecular formula is C14H27NO2S. The molecule has 2 aliphatic heterocycles. The van der Waals surface area contributed by atoms with Crippen LogP contribution in [-0.2, 0) is 9.47 Å². The van der Waals surface area contributed by atoms with Crippen LogP contribution in [-0.4, -0.2) is 50.0 Å². The van der Waals surface area contributed by atoms with E-state index in [-0.39, 0.29) is 5.60 Å². The lowest BCUT2D eigenvalue weighted by atomic mass is 9.80. The van der Waals surface area contributed by atoms with Crippen molar-refractivity contribution in [3.8, 4) is 0 Å². The van der Waals surface area contributed by atoms with Crippen molar-refractivity contribution in [1.29, 1.82) is 0 Å². The van der Waals surface area contributed by atoms with Crippen LogP contribution in [0, 0.1) is 5.92 Å². The summed E-state index contributed by atoms with van der Waals surface area (Å²) in [5.41, 5.74) is 0.0515. The van der Waals surface area contributed by atoms with Crippen molar-refractivity contribution in [3.05, 3.63) is 0 Å². The zero-order chi connectivity index (χ0) is 12.8. The molecule has 0 saturated carbocycles. The normalized spacial score (nSPS) is 34.0. The third-order valence-corrected chi connectivity index (χ3v) is 4.91. The van der Waals surface area contributed by atoms with Crippen LogP contribution in [0.15, 0.2) is 0 Å². The Kier molecular flexibility index (Phi) is 5.80. The first-order valence-corrected chi connectivity index (χ1v) is 8.63. The molecule has 0 aromatic rings. The van der Waals surface area contributed by atoms with E-state index in [0.29, 0.717) is 6.04 Å². The molecule has 2 fully saturated rings. The second kappa shape index (κ2) is 7.13. The summed E-state index contributed by atoms with van der Waals surface area (Å²) in [6.07, 6.45) is 6.94. The monoisotopic (exact) mass is 273 g/mol. The predicted octanol–water partition coefficient (Wildman–Crippen LogP) is 2.30. The standard InChI is InChI=1S/C14H27NO2S/c1-3-15-13(5-9-18-2)12-4-7-17-14(10-12)6-8-16-11-14/h12-13,15H,3-11H2,1-2H3. The highest BCUT2D eigenvalue weighted by Gasteiger charge is 2.42. The van der Waals surface area contributed by atoms with Gasteiger partial charge in [-0.1, -0.05) is 6.92 Å². The molecule has 0 amide bonds. The summed E-state index contributed by atoms with van der Waals surface area (Å²) in [4.78, 5) is 0. The maximum absolute atomic E-state index is 6.03. The lowest BCUT2D eigenvalue weighted by molar-refractivity contribution is -0.103. The Labute approximate surface area is 115 Å². The van der Waals surface area contributed by atoms with Gasteiger partial charge in [-0.25, -0.2) is 0 Å². The SMILES string of the molecule is CCNC(CCSC)C1CCOC2(CCOC2)C1. The summed E-state index contributed by atoms with van der Waals surface area (Å²) in [5.74, 6) is 2.01. The molecule has 1 spiro atoms. The molecule has 0 aromatic heterocycles. The average molecular weight is 273 g/mol. The lowest BCUT2D eigenvalue weighted by Gasteiger charge is -2.40. The van der Waals surface area contributed by atoms with Crippen molar-refractivity contribution in [2.75, 3.05) is 38.4 Å². The van der Waals surface area contributed by atoms with Gasteiger partial charge in [-0.15, -0.1) is 0 Å². The number of thioether (sulfide) groups is 1. The summed E-state index contributed by atoms with van der Waals surface area (Å²) in [7, 11) is 0. The van der Waals surface area contributed by atoms with E-state index in [1.54, 1.807) is 0 Å². The van der Waals surface area contributed by atoms with E-state index in [4.69, 9.17) is 9.47 Å². The van der Waals surface area contributed by atoms with Gasteiger partial charge in [0.15, 0.2) is 0 Å². The van der Waals surface area contributed by atoms with Gasteiger partial charge in [-0.05, 0) is 43.7 Å². The van der Waals surface area contributed by atoms with E-state index in [1.165, 1.54) is 25.0 Å². The van der Waals surface area contributed by atoms with Crippen molar-refractivity contribution in [3.63, 3.8) is 0 Å². The van der Waals surface area contributed by atoms with Gasteiger partial charge in [0, 0.05) is 25.7 Å². The Morgan fingerprint density at radius 1 is 1.44 bits per heavy atom. The minimum atomic E-state index is 0.0515. The van der Waals surface area contributed by atoms with Crippen LogP contribution in [0.1, 0.15) is 32.6 Å². The number of nitrogens with one attached hydrogen (secondary N) is 1. The summed E-state index contributed by atoms with van der Waals surface area (Å²) in [6, 6.07) is 0.656. The molecule has 18 heavy (non-hydrogen) atoms. The summed E-state index contributed by atoms with van der Waals surface area (Å²) in [5, 5.41) is 3.68. The van der Waals surface area contributed by atoms with Gasteiger partial charge in [0.25, 0.3) is 0 Å². The second-order valence-electron chi connectivity index (χ2n) is 5.53. The third kappa shape index (κ3) is 3.62. The van der Waals surface area contributed by atoms with E-state index in [2.05, 4.69) is 18.5 Å². The Bertz CT molecular complexity index is 244. The summed E-state index contributed by atoms with van der Waals surface area (Å²) in [6.45, 7) is 5.88. The van der Waals surface area contributed by atoms with Crippen LogP contribution in [0.2, 0.25) is 0 Å². The first-order valence-electron chi connectivity index (χ1n) is 7.24. The van der Waals surface area contributed by atoms with Crippen molar-refractivity contribution in [2.45, 2.75) is 44.2 Å². The first kappa shape index (κ1) is 14.6. The van der Waals surface area contributed by atoms with Gasteiger partial charge in [0.1, 0.15) is 0 Å².